The monoisotopic (exact) mass is 334 g/mol. The molecule has 0 heterocycles. The molecule has 4 nitrogen and oxygen atoms in total. The van der Waals surface area contributed by atoms with Crippen LogP contribution in [0, 0.1) is 17.3 Å². The number of benzene rings is 1. The lowest BCUT2D eigenvalue weighted by Crippen LogP contribution is -2.47. The molecule has 1 aromatic rings. The summed E-state index contributed by atoms with van der Waals surface area (Å²) >= 11 is 5.21. The normalized spacial score (nSPS) is 21.9. The molecule has 0 saturated heterocycles. The summed E-state index contributed by atoms with van der Waals surface area (Å²) in [6.45, 7) is 6.74. The predicted octanol–water partition coefficient (Wildman–Crippen LogP) is 3.97. The Morgan fingerprint density at radius 2 is 1.96 bits per heavy atom. The third kappa shape index (κ3) is 4.22. The van der Waals surface area contributed by atoms with Gasteiger partial charge in [-0.15, -0.1) is 0 Å². The van der Waals surface area contributed by atoms with Crippen molar-refractivity contribution in [3.8, 4) is 5.75 Å². The number of nitrogens with one attached hydrogen (secondary N) is 2. The van der Waals surface area contributed by atoms with Crippen LogP contribution < -0.4 is 15.4 Å². The Balaban J connectivity index is 1.80. The highest BCUT2D eigenvalue weighted by molar-refractivity contribution is 7.80. The topological polar surface area (TPSA) is 50.4 Å². The van der Waals surface area contributed by atoms with Gasteiger partial charge in [0.05, 0.1) is 7.11 Å². The van der Waals surface area contributed by atoms with E-state index < -0.39 is 0 Å². The minimum Gasteiger partial charge on any atom is -0.497 e. The molecule has 126 valence electrons. The Kier molecular flexibility index (Phi) is 5.63. The van der Waals surface area contributed by atoms with Gasteiger partial charge in [0.25, 0.3) is 0 Å². The largest absolute Gasteiger partial charge is 0.497 e. The molecule has 1 aliphatic rings. The Morgan fingerprint density at radius 3 is 2.48 bits per heavy atom. The van der Waals surface area contributed by atoms with Crippen LogP contribution in [0.4, 0.5) is 5.69 Å². The van der Waals surface area contributed by atoms with Crippen molar-refractivity contribution in [2.24, 2.45) is 17.3 Å². The lowest BCUT2D eigenvalue weighted by Gasteiger charge is -2.52. The van der Waals surface area contributed by atoms with Crippen LogP contribution in [0.15, 0.2) is 24.3 Å². The maximum absolute atomic E-state index is 12.2. The van der Waals surface area contributed by atoms with E-state index in [9.17, 15) is 4.79 Å². The Morgan fingerprint density at radius 1 is 1.30 bits per heavy atom. The van der Waals surface area contributed by atoms with E-state index >= 15 is 0 Å². The van der Waals surface area contributed by atoms with Crippen molar-refractivity contribution in [1.82, 2.24) is 5.32 Å². The average molecular weight is 334 g/mol. The van der Waals surface area contributed by atoms with Crippen LogP contribution in [0.2, 0.25) is 0 Å². The first kappa shape index (κ1) is 17.7. The van der Waals surface area contributed by atoms with Crippen molar-refractivity contribution in [2.75, 3.05) is 12.4 Å². The SMILES string of the molecule is CC[C@@H]1C[C@H](CC(=O)NC(=S)Nc2ccc(OC)cc2)C1(C)C. The maximum Gasteiger partial charge on any atom is 0.226 e. The van der Waals surface area contributed by atoms with Crippen molar-refractivity contribution in [3.05, 3.63) is 24.3 Å². The fourth-order valence-corrected chi connectivity index (χ4v) is 3.63. The lowest BCUT2D eigenvalue weighted by atomic mass is 9.53. The van der Waals surface area contributed by atoms with Crippen LogP contribution in [-0.4, -0.2) is 18.1 Å². The number of carbonyl (C=O) groups excluding carboxylic acids is 1. The summed E-state index contributed by atoms with van der Waals surface area (Å²) in [4.78, 5) is 12.2. The van der Waals surface area contributed by atoms with Crippen molar-refractivity contribution in [2.45, 2.75) is 40.0 Å². The summed E-state index contributed by atoms with van der Waals surface area (Å²) in [5.74, 6) is 1.94. The van der Waals surface area contributed by atoms with Gasteiger partial charge in [-0.05, 0) is 60.2 Å². The molecule has 1 aliphatic carbocycles. The smallest absolute Gasteiger partial charge is 0.226 e. The van der Waals surface area contributed by atoms with Gasteiger partial charge in [0, 0.05) is 12.1 Å². The molecule has 0 aromatic heterocycles. The van der Waals surface area contributed by atoms with E-state index in [1.54, 1.807) is 7.11 Å². The van der Waals surface area contributed by atoms with E-state index in [-0.39, 0.29) is 11.3 Å². The van der Waals surface area contributed by atoms with Crippen LogP contribution in [0.25, 0.3) is 0 Å². The van der Waals surface area contributed by atoms with Crippen LogP contribution >= 0.6 is 12.2 Å². The highest BCUT2D eigenvalue weighted by Gasteiger charge is 2.47. The first-order valence-electron chi connectivity index (χ1n) is 8.11. The van der Waals surface area contributed by atoms with E-state index in [1.165, 1.54) is 6.42 Å². The van der Waals surface area contributed by atoms with E-state index in [4.69, 9.17) is 17.0 Å². The second-order valence-corrected chi connectivity index (χ2v) is 7.20. The number of methoxy groups -OCH3 is 1. The molecule has 1 fully saturated rings. The molecule has 0 bridgehead atoms. The van der Waals surface area contributed by atoms with E-state index in [0.717, 1.165) is 23.8 Å². The summed E-state index contributed by atoms with van der Waals surface area (Å²) in [6.07, 6.45) is 2.85. The molecular formula is C18H26N2O2S. The molecule has 1 saturated carbocycles. The Bertz CT molecular complexity index is 569. The second-order valence-electron chi connectivity index (χ2n) is 6.79. The lowest BCUT2D eigenvalue weighted by molar-refractivity contribution is -0.125. The molecule has 23 heavy (non-hydrogen) atoms. The first-order valence-corrected chi connectivity index (χ1v) is 8.52. The second kappa shape index (κ2) is 7.30. The van der Waals surface area contributed by atoms with Crippen molar-refractivity contribution >= 4 is 28.9 Å². The number of thiocarbonyl (C=S) groups is 1. The van der Waals surface area contributed by atoms with Crippen LogP contribution in [0.5, 0.6) is 5.75 Å². The highest BCUT2D eigenvalue weighted by Crippen LogP contribution is 2.54. The van der Waals surface area contributed by atoms with Crippen LogP contribution in [-0.2, 0) is 4.79 Å². The zero-order valence-corrected chi connectivity index (χ0v) is 15.1. The van der Waals surface area contributed by atoms with Crippen molar-refractivity contribution in [3.63, 3.8) is 0 Å². The molecule has 2 rings (SSSR count). The Labute approximate surface area is 144 Å². The van der Waals surface area contributed by atoms with Crippen molar-refractivity contribution in [1.29, 1.82) is 0 Å². The standard InChI is InChI=1S/C18H26N2O2S/c1-5-12-10-13(18(12,2)3)11-16(21)20-17(23)19-14-6-8-15(22-4)9-7-14/h6-9,12-13H,5,10-11H2,1-4H3,(H2,19,20,21,23)/t12-,13-/m1/s1. The summed E-state index contributed by atoms with van der Waals surface area (Å²) in [7, 11) is 1.62. The highest BCUT2D eigenvalue weighted by atomic mass is 32.1. The van der Waals surface area contributed by atoms with E-state index in [0.29, 0.717) is 17.5 Å². The zero-order chi connectivity index (χ0) is 17.0. The summed E-state index contributed by atoms with van der Waals surface area (Å²) in [6, 6.07) is 7.40. The van der Waals surface area contributed by atoms with Crippen LogP contribution in [0.1, 0.15) is 40.0 Å². The van der Waals surface area contributed by atoms with Gasteiger partial charge in [0.2, 0.25) is 5.91 Å². The molecule has 0 unspecified atom stereocenters. The number of hydrogen-bond donors (Lipinski definition) is 2. The molecule has 0 spiro atoms. The molecule has 0 aliphatic heterocycles. The van der Waals surface area contributed by atoms with E-state index in [1.807, 2.05) is 24.3 Å². The van der Waals surface area contributed by atoms with Gasteiger partial charge in [-0.2, -0.15) is 0 Å². The quantitative estimate of drug-likeness (QED) is 0.800. The predicted molar refractivity (Wildman–Crippen MR) is 97.6 cm³/mol. The molecular weight excluding hydrogens is 308 g/mol. The number of amides is 1. The average Bonchev–Trinajstić information content (AvgIpc) is 2.51. The number of carbonyl (C=O) groups is 1. The summed E-state index contributed by atoms with van der Waals surface area (Å²) in [5.41, 5.74) is 1.07. The molecule has 1 amide bonds. The molecule has 1 aromatic carbocycles. The third-order valence-corrected chi connectivity index (χ3v) is 5.40. The fourth-order valence-electron chi connectivity index (χ4n) is 3.40. The fraction of sp³-hybridized carbons (Fsp3) is 0.556. The van der Waals surface area contributed by atoms with Gasteiger partial charge < -0.3 is 15.4 Å². The molecule has 0 radical (unpaired) electrons. The van der Waals surface area contributed by atoms with Gasteiger partial charge in [-0.1, -0.05) is 27.2 Å². The molecule has 2 N–H and O–H groups in total. The minimum absolute atomic E-state index is 0.0105. The number of anilines is 1. The molecule has 2 atom stereocenters. The van der Waals surface area contributed by atoms with Crippen molar-refractivity contribution < 1.29 is 9.53 Å². The minimum atomic E-state index is -0.0105. The summed E-state index contributed by atoms with van der Waals surface area (Å²) < 4.78 is 5.11. The van der Waals surface area contributed by atoms with E-state index in [2.05, 4.69) is 31.4 Å². The van der Waals surface area contributed by atoms with Crippen LogP contribution in [0.3, 0.4) is 0 Å². The number of hydrogen-bond acceptors (Lipinski definition) is 3. The molecule has 5 heteroatoms. The third-order valence-electron chi connectivity index (χ3n) is 5.20. The van der Waals surface area contributed by atoms with Gasteiger partial charge in [0.1, 0.15) is 5.75 Å². The van der Waals surface area contributed by atoms with Gasteiger partial charge in [-0.25, -0.2) is 0 Å². The summed E-state index contributed by atoms with van der Waals surface area (Å²) in [5, 5.41) is 6.13. The van der Waals surface area contributed by atoms with Gasteiger partial charge in [-0.3, -0.25) is 4.79 Å². The van der Waals surface area contributed by atoms with Gasteiger partial charge in [0.15, 0.2) is 5.11 Å². The Hall–Kier alpha value is -1.62. The number of ether oxygens (including phenoxy) is 1. The first-order chi connectivity index (χ1) is 10.9. The van der Waals surface area contributed by atoms with Gasteiger partial charge >= 0.3 is 0 Å². The zero-order valence-electron chi connectivity index (χ0n) is 14.3. The maximum atomic E-state index is 12.2. The number of rotatable bonds is 5.